The number of carbonyl (C=O) groups excluding carboxylic acids is 1. The summed E-state index contributed by atoms with van der Waals surface area (Å²) in [7, 11) is 0. The second-order valence-electron chi connectivity index (χ2n) is 5.39. The maximum atomic E-state index is 12.2. The lowest BCUT2D eigenvalue weighted by molar-refractivity contribution is -0.385. The van der Waals surface area contributed by atoms with Crippen molar-refractivity contribution in [3.63, 3.8) is 0 Å². The lowest BCUT2D eigenvalue weighted by atomic mass is 9.99. The highest BCUT2D eigenvalue weighted by Gasteiger charge is 2.22. The van der Waals surface area contributed by atoms with Crippen LogP contribution in [0.25, 0.3) is 0 Å². The molecule has 2 aromatic carbocycles. The number of ether oxygens (including phenoxy) is 1. The summed E-state index contributed by atoms with van der Waals surface area (Å²) in [5.41, 5.74) is 2.24. The first kappa shape index (κ1) is 15.2. The molecule has 1 aliphatic rings. The Morgan fingerprint density at radius 2 is 1.87 bits per heavy atom. The smallest absolute Gasteiger partial charge is 0.282 e. The van der Waals surface area contributed by atoms with Crippen LogP contribution < -0.4 is 5.32 Å². The Balaban J connectivity index is 1.63. The van der Waals surface area contributed by atoms with Crippen LogP contribution in [0.15, 0.2) is 48.5 Å². The lowest BCUT2D eigenvalue weighted by Gasteiger charge is -2.25. The van der Waals surface area contributed by atoms with Gasteiger partial charge in [0.2, 0.25) is 0 Å². The predicted octanol–water partition coefficient (Wildman–Crippen LogP) is 2.47. The van der Waals surface area contributed by atoms with Gasteiger partial charge in [-0.05, 0) is 17.2 Å². The molecule has 6 nitrogen and oxygen atoms in total. The van der Waals surface area contributed by atoms with E-state index in [1.54, 1.807) is 6.07 Å². The summed E-state index contributed by atoms with van der Waals surface area (Å²) in [6, 6.07) is 13.9. The lowest BCUT2D eigenvalue weighted by Crippen LogP contribution is -2.37. The molecule has 0 spiro atoms. The Bertz CT molecular complexity index is 745. The highest BCUT2D eigenvalue weighted by atomic mass is 16.6. The van der Waals surface area contributed by atoms with Crippen LogP contribution in [0, 0.1) is 10.1 Å². The molecule has 1 N–H and O–H groups in total. The van der Waals surface area contributed by atoms with Crippen LogP contribution in [0.3, 0.4) is 0 Å². The summed E-state index contributed by atoms with van der Waals surface area (Å²) in [5, 5.41) is 13.7. The van der Waals surface area contributed by atoms with E-state index in [1.807, 2.05) is 18.2 Å². The molecular weight excluding hydrogens is 296 g/mol. The third-order valence-corrected chi connectivity index (χ3v) is 3.88. The minimum atomic E-state index is -0.553. The number of nitrogens with zero attached hydrogens (tertiary/aromatic N) is 1. The normalized spacial score (nSPS) is 16.4. The van der Waals surface area contributed by atoms with Crippen molar-refractivity contribution in [1.82, 2.24) is 5.32 Å². The zero-order valence-electron chi connectivity index (χ0n) is 12.4. The van der Waals surface area contributed by atoms with Crippen molar-refractivity contribution < 1.29 is 14.5 Å². The SMILES string of the molecule is O=C(NCC1Cc2ccccc2CO1)c1ccccc1[N+](=O)[O-]. The van der Waals surface area contributed by atoms with Gasteiger partial charge in [-0.1, -0.05) is 36.4 Å². The van der Waals surface area contributed by atoms with Crippen molar-refractivity contribution in [2.45, 2.75) is 19.1 Å². The molecule has 3 rings (SSSR count). The number of nitro groups is 1. The molecule has 2 aromatic rings. The number of nitro benzene ring substituents is 1. The Hall–Kier alpha value is -2.73. The van der Waals surface area contributed by atoms with Crippen LogP contribution >= 0.6 is 0 Å². The van der Waals surface area contributed by atoms with Crippen molar-refractivity contribution in [2.24, 2.45) is 0 Å². The van der Waals surface area contributed by atoms with E-state index in [4.69, 9.17) is 4.74 Å². The van der Waals surface area contributed by atoms with Gasteiger partial charge < -0.3 is 10.1 Å². The Labute approximate surface area is 133 Å². The number of nitrogens with one attached hydrogen (secondary N) is 1. The third-order valence-electron chi connectivity index (χ3n) is 3.88. The Kier molecular flexibility index (Phi) is 4.34. The zero-order chi connectivity index (χ0) is 16.2. The van der Waals surface area contributed by atoms with Crippen LogP contribution in [0.4, 0.5) is 5.69 Å². The molecule has 0 saturated carbocycles. The van der Waals surface area contributed by atoms with E-state index in [2.05, 4.69) is 11.4 Å². The van der Waals surface area contributed by atoms with E-state index in [-0.39, 0.29) is 17.4 Å². The van der Waals surface area contributed by atoms with E-state index in [0.717, 1.165) is 5.56 Å². The minimum Gasteiger partial charge on any atom is -0.371 e. The van der Waals surface area contributed by atoms with Crippen molar-refractivity contribution in [1.29, 1.82) is 0 Å². The van der Waals surface area contributed by atoms with Gasteiger partial charge in [0.1, 0.15) is 5.56 Å². The van der Waals surface area contributed by atoms with E-state index >= 15 is 0 Å². The zero-order valence-corrected chi connectivity index (χ0v) is 12.4. The van der Waals surface area contributed by atoms with Crippen LogP contribution in [0.5, 0.6) is 0 Å². The van der Waals surface area contributed by atoms with Crippen LogP contribution in [-0.4, -0.2) is 23.5 Å². The molecule has 0 aliphatic carbocycles. The summed E-state index contributed by atoms with van der Waals surface area (Å²) < 4.78 is 5.72. The van der Waals surface area contributed by atoms with Crippen molar-refractivity contribution >= 4 is 11.6 Å². The number of benzene rings is 2. The second-order valence-corrected chi connectivity index (χ2v) is 5.39. The number of rotatable bonds is 4. The summed E-state index contributed by atoms with van der Waals surface area (Å²) in [5.74, 6) is -0.459. The molecule has 1 amide bonds. The number of fused-ring (bicyclic) bond motifs is 1. The number of amides is 1. The van der Waals surface area contributed by atoms with Crippen molar-refractivity contribution in [3.05, 3.63) is 75.3 Å². The molecule has 0 fully saturated rings. The first-order valence-corrected chi connectivity index (χ1v) is 7.35. The van der Waals surface area contributed by atoms with Gasteiger partial charge in [0.15, 0.2) is 0 Å². The summed E-state index contributed by atoms with van der Waals surface area (Å²) in [6.07, 6.45) is 0.587. The molecule has 118 valence electrons. The average molecular weight is 312 g/mol. The number of para-hydroxylation sites is 1. The van der Waals surface area contributed by atoms with Crippen LogP contribution in [-0.2, 0) is 17.8 Å². The number of hydrogen-bond donors (Lipinski definition) is 1. The fourth-order valence-corrected chi connectivity index (χ4v) is 2.67. The van der Waals surface area contributed by atoms with E-state index in [1.165, 1.54) is 23.8 Å². The summed E-state index contributed by atoms with van der Waals surface area (Å²) in [4.78, 5) is 22.6. The van der Waals surface area contributed by atoms with Crippen LogP contribution in [0.1, 0.15) is 21.5 Å². The molecule has 0 bridgehead atoms. The van der Waals surface area contributed by atoms with Gasteiger partial charge in [-0.2, -0.15) is 0 Å². The van der Waals surface area contributed by atoms with Crippen molar-refractivity contribution in [2.75, 3.05) is 6.54 Å². The molecule has 1 unspecified atom stereocenters. The highest BCUT2D eigenvalue weighted by molar-refractivity contribution is 5.98. The Morgan fingerprint density at radius 3 is 2.65 bits per heavy atom. The fraction of sp³-hybridized carbons (Fsp3) is 0.235. The fourth-order valence-electron chi connectivity index (χ4n) is 2.67. The molecule has 0 saturated heterocycles. The maximum Gasteiger partial charge on any atom is 0.282 e. The molecule has 0 aromatic heterocycles. The van der Waals surface area contributed by atoms with Gasteiger partial charge in [-0.3, -0.25) is 14.9 Å². The number of hydrogen-bond acceptors (Lipinski definition) is 4. The first-order chi connectivity index (χ1) is 11.1. The standard InChI is InChI=1S/C17H16N2O4/c20-17(15-7-3-4-8-16(15)19(21)22)18-10-14-9-12-5-1-2-6-13(12)11-23-14/h1-8,14H,9-11H2,(H,18,20). The molecule has 1 aliphatic heterocycles. The maximum absolute atomic E-state index is 12.2. The molecule has 1 heterocycles. The molecule has 1 atom stereocenters. The first-order valence-electron chi connectivity index (χ1n) is 7.35. The Morgan fingerprint density at radius 1 is 1.17 bits per heavy atom. The van der Waals surface area contributed by atoms with Gasteiger partial charge in [-0.25, -0.2) is 0 Å². The molecule has 23 heavy (non-hydrogen) atoms. The minimum absolute atomic E-state index is 0.0636. The van der Waals surface area contributed by atoms with Gasteiger partial charge in [0, 0.05) is 19.0 Å². The van der Waals surface area contributed by atoms with Gasteiger partial charge >= 0.3 is 0 Å². The number of carbonyl (C=O) groups is 1. The van der Waals surface area contributed by atoms with E-state index < -0.39 is 10.8 Å². The largest absolute Gasteiger partial charge is 0.371 e. The summed E-state index contributed by atoms with van der Waals surface area (Å²) in [6.45, 7) is 0.835. The topological polar surface area (TPSA) is 81.5 Å². The average Bonchev–Trinajstić information content (AvgIpc) is 2.59. The third kappa shape index (κ3) is 3.37. The predicted molar refractivity (Wildman–Crippen MR) is 84.2 cm³/mol. The van der Waals surface area contributed by atoms with Gasteiger partial charge in [0.25, 0.3) is 11.6 Å². The van der Waals surface area contributed by atoms with Crippen molar-refractivity contribution in [3.8, 4) is 0 Å². The second kappa shape index (κ2) is 6.58. The summed E-state index contributed by atoms with van der Waals surface area (Å²) >= 11 is 0. The van der Waals surface area contributed by atoms with Gasteiger partial charge in [-0.15, -0.1) is 0 Å². The highest BCUT2D eigenvalue weighted by Crippen LogP contribution is 2.20. The molecule has 0 radical (unpaired) electrons. The molecule has 6 heteroatoms. The van der Waals surface area contributed by atoms with E-state index in [9.17, 15) is 14.9 Å². The van der Waals surface area contributed by atoms with Gasteiger partial charge in [0.05, 0.1) is 17.6 Å². The monoisotopic (exact) mass is 312 g/mol. The molecular formula is C17H16N2O4. The van der Waals surface area contributed by atoms with E-state index in [0.29, 0.717) is 19.6 Å². The van der Waals surface area contributed by atoms with Crippen LogP contribution in [0.2, 0.25) is 0 Å². The quantitative estimate of drug-likeness (QED) is 0.694.